The Hall–Kier alpha value is -0.320. The molecule has 0 aliphatic carbocycles. The Labute approximate surface area is 104 Å². The molecular weight excluding hydrogens is 226 g/mol. The molecule has 0 aromatic carbocycles. The standard InChI is InChI=1S/C11H23N3O.ClH/c1-8(10(15)13-11(2,3)4)14-6-5-9(12)7-14;/h8-9H,5-7,12H2,1-4H3,(H,13,15);1H/t8?,9-;/m0./s1. The Kier molecular flexibility index (Phi) is 5.73. The average molecular weight is 250 g/mol. The topological polar surface area (TPSA) is 58.4 Å². The maximum Gasteiger partial charge on any atom is 0.237 e. The van der Waals surface area contributed by atoms with E-state index in [9.17, 15) is 4.79 Å². The van der Waals surface area contributed by atoms with Crippen molar-refractivity contribution in [2.45, 2.75) is 51.7 Å². The summed E-state index contributed by atoms with van der Waals surface area (Å²) in [7, 11) is 0. The summed E-state index contributed by atoms with van der Waals surface area (Å²) in [6.45, 7) is 9.69. The van der Waals surface area contributed by atoms with Crippen molar-refractivity contribution in [1.82, 2.24) is 10.2 Å². The number of nitrogens with two attached hydrogens (primary N) is 1. The summed E-state index contributed by atoms with van der Waals surface area (Å²) >= 11 is 0. The van der Waals surface area contributed by atoms with E-state index in [0.717, 1.165) is 19.5 Å². The maximum absolute atomic E-state index is 11.9. The zero-order valence-electron chi connectivity index (χ0n) is 10.6. The quantitative estimate of drug-likeness (QED) is 0.759. The number of nitrogens with zero attached hydrogens (tertiary/aromatic N) is 1. The number of likely N-dealkylation sites (tertiary alicyclic amines) is 1. The van der Waals surface area contributed by atoms with Crippen LogP contribution in [0.1, 0.15) is 34.1 Å². The Morgan fingerprint density at radius 2 is 2.06 bits per heavy atom. The van der Waals surface area contributed by atoms with Gasteiger partial charge < -0.3 is 11.1 Å². The van der Waals surface area contributed by atoms with Gasteiger partial charge in [-0.3, -0.25) is 9.69 Å². The molecule has 1 fully saturated rings. The molecule has 1 aliphatic rings. The lowest BCUT2D eigenvalue weighted by atomic mass is 10.1. The van der Waals surface area contributed by atoms with E-state index >= 15 is 0 Å². The van der Waals surface area contributed by atoms with Crippen LogP contribution < -0.4 is 11.1 Å². The summed E-state index contributed by atoms with van der Waals surface area (Å²) in [5.41, 5.74) is 5.66. The average Bonchev–Trinajstić information content (AvgIpc) is 2.47. The Balaban J connectivity index is 0.00000225. The molecule has 1 unspecified atom stereocenters. The highest BCUT2D eigenvalue weighted by molar-refractivity contribution is 5.85. The van der Waals surface area contributed by atoms with E-state index in [-0.39, 0.29) is 35.9 Å². The third-order valence-electron chi connectivity index (χ3n) is 2.68. The Morgan fingerprint density at radius 1 is 1.50 bits per heavy atom. The lowest BCUT2D eigenvalue weighted by molar-refractivity contribution is -0.127. The number of amides is 1. The summed E-state index contributed by atoms with van der Waals surface area (Å²) in [5, 5.41) is 2.99. The third kappa shape index (κ3) is 4.68. The highest BCUT2D eigenvalue weighted by Gasteiger charge is 2.29. The van der Waals surface area contributed by atoms with Gasteiger partial charge in [0.2, 0.25) is 5.91 Å². The van der Waals surface area contributed by atoms with Gasteiger partial charge in [-0.2, -0.15) is 0 Å². The smallest absolute Gasteiger partial charge is 0.237 e. The van der Waals surface area contributed by atoms with E-state index in [1.807, 2.05) is 27.7 Å². The Morgan fingerprint density at radius 3 is 2.44 bits per heavy atom. The van der Waals surface area contributed by atoms with E-state index < -0.39 is 0 Å². The van der Waals surface area contributed by atoms with Gasteiger partial charge in [0.25, 0.3) is 0 Å². The van der Waals surface area contributed by atoms with Crippen molar-refractivity contribution < 1.29 is 4.79 Å². The van der Waals surface area contributed by atoms with Gasteiger partial charge >= 0.3 is 0 Å². The molecule has 16 heavy (non-hydrogen) atoms. The molecule has 1 amide bonds. The monoisotopic (exact) mass is 249 g/mol. The molecule has 0 radical (unpaired) electrons. The predicted octanol–water partition coefficient (Wildman–Crippen LogP) is 0.744. The molecule has 5 heteroatoms. The van der Waals surface area contributed by atoms with Gasteiger partial charge in [0, 0.05) is 24.7 Å². The molecule has 1 rings (SSSR count). The van der Waals surface area contributed by atoms with E-state index in [4.69, 9.17) is 5.73 Å². The van der Waals surface area contributed by atoms with Crippen LogP contribution in [0.5, 0.6) is 0 Å². The first-order chi connectivity index (χ1) is 6.79. The second-order valence-electron chi connectivity index (χ2n) is 5.46. The third-order valence-corrected chi connectivity index (χ3v) is 2.68. The van der Waals surface area contributed by atoms with Crippen LogP contribution in [0, 0.1) is 0 Å². The number of halogens is 1. The lowest BCUT2D eigenvalue weighted by Gasteiger charge is -2.28. The fourth-order valence-corrected chi connectivity index (χ4v) is 1.81. The van der Waals surface area contributed by atoms with Gasteiger partial charge in [-0.25, -0.2) is 0 Å². The molecule has 0 bridgehead atoms. The van der Waals surface area contributed by atoms with Gasteiger partial charge in [-0.05, 0) is 34.1 Å². The largest absolute Gasteiger partial charge is 0.350 e. The van der Waals surface area contributed by atoms with Crippen molar-refractivity contribution in [1.29, 1.82) is 0 Å². The number of hydrogen-bond acceptors (Lipinski definition) is 3. The van der Waals surface area contributed by atoms with Crippen molar-refractivity contribution in [3.8, 4) is 0 Å². The van der Waals surface area contributed by atoms with Crippen LogP contribution in [0.25, 0.3) is 0 Å². The van der Waals surface area contributed by atoms with Crippen LogP contribution in [0.2, 0.25) is 0 Å². The maximum atomic E-state index is 11.9. The summed E-state index contributed by atoms with van der Waals surface area (Å²) in [6, 6.07) is 0.160. The SMILES string of the molecule is CC(C(=O)NC(C)(C)C)N1CC[C@H](N)C1.Cl. The first kappa shape index (κ1) is 15.7. The minimum atomic E-state index is -0.160. The molecule has 96 valence electrons. The van der Waals surface area contributed by atoms with Gasteiger partial charge in [0.1, 0.15) is 0 Å². The number of rotatable bonds is 2. The van der Waals surface area contributed by atoms with Crippen molar-refractivity contribution in [3.05, 3.63) is 0 Å². The van der Waals surface area contributed by atoms with Crippen molar-refractivity contribution >= 4 is 18.3 Å². The zero-order valence-corrected chi connectivity index (χ0v) is 11.4. The summed E-state index contributed by atoms with van der Waals surface area (Å²) < 4.78 is 0. The van der Waals surface area contributed by atoms with Crippen LogP contribution in [0.3, 0.4) is 0 Å². The van der Waals surface area contributed by atoms with Crippen LogP contribution >= 0.6 is 12.4 Å². The summed E-state index contributed by atoms with van der Waals surface area (Å²) in [4.78, 5) is 14.0. The minimum Gasteiger partial charge on any atom is -0.350 e. The molecule has 1 heterocycles. The van der Waals surface area contributed by atoms with E-state index in [2.05, 4.69) is 10.2 Å². The fourth-order valence-electron chi connectivity index (χ4n) is 1.81. The zero-order chi connectivity index (χ0) is 11.6. The molecule has 1 saturated heterocycles. The van der Waals surface area contributed by atoms with Crippen molar-refractivity contribution in [2.75, 3.05) is 13.1 Å². The molecule has 0 spiro atoms. The molecule has 0 aromatic rings. The number of hydrogen-bond donors (Lipinski definition) is 2. The minimum absolute atomic E-state index is 0. The van der Waals surface area contributed by atoms with Crippen molar-refractivity contribution in [3.63, 3.8) is 0 Å². The number of nitrogens with one attached hydrogen (secondary N) is 1. The lowest BCUT2D eigenvalue weighted by Crippen LogP contribution is -2.50. The number of carbonyl (C=O) groups excluding carboxylic acids is 1. The second-order valence-corrected chi connectivity index (χ2v) is 5.46. The van der Waals surface area contributed by atoms with Crippen LogP contribution in [0.15, 0.2) is 0 Å². The van der Waals surface area contributed by atoms with Gasteiger partial charge in [0.15, 0.2) is 0 Å². The van der Waals surface area contributed by atoms with Crippen LogP contribution in [0.4, 0.5) is 0 Å². The first-order valence-electron chi connectivity index (χ1n) is 5.61. The van der Waals surface area contributed by atoms with Crippen LogP contribution in [-0.4, -0.2) is 41.5 Å². The molecule has 3 N–H and O–H groups in total. The van der Waals surface area contributed by atoms with E-state index in [1.165, 1.54) is 0 Å². The van der Waals surface area contributed by atoms with E-state index in [1.54, 1.807) is 0 Å². The molecule has 4 nitrogen and oxygen atoms in total. The van der Waals surface area contributed by atoms with Crippen LogP contribution in [-0.2, 0) is 4.79 Å². The normalized spacial score (nSPS) is 23.7. The summed E-state index contributed by atoms with van der Waals surface area (Å²) in [5.74, 6) is 0.0941. The predicted molar refractivity (Wildman–Crippen MR) is 68.8 cm³/mol. The molecule has 0 aromatic heterocycles. The first-order valence-corrected chi connectivity index (χ1v) is 5.61. The molecule has 2 atom stereocenters. The highest BCUT2D eigenvalue weighted by atomic mass is 35.5. The highest BCUT2D eigenvalue weighted by Crippen LogP contribution is 2.12. The molecule has 1 aliphatic heterocycles. The van der Waals surface area contributed by atoms with Crippen molar-refractivity contribution in [2.24, 2.45) is 5.73 Å². The van der Waals surface area contributed by atoms with Gasteiger partial charge in [-0.15, -0.1) is 12.4 Å². The molecular formula is C11H24ClN3O. The van der Waals surface area contributed by atoms with Gasteiger partial charge in [0.05, 0.1) is 6.04 Å². The molecule has 0 saturated carbocycles. The van der Waals surface area contributed by atoms with E-state index in [0.29, 0.717) is 0 Å². The Bertz CT molecular complexity index is 240. The fraction of sp³-hybridized carbons (Fsp3) is 0.909. The summed E-state index contributed by atoms with van der Waals surface area (Å²) in [6.07, 6.45) is 0.993. The second kappa shape index (κ2) is 5.84. The van der Waals surface area contributed by atoms with Gasteiger partial charge in [-0.1, -0.05) is 0 Å². The number of carbonyl (C=O) groups is 1.